The minimum absolute atomic E-state index is 0.0908. The van der Waals surface area contributed by atoms with Gasteiger partial charge < -0.3 is 4.90 Å². The van der Waals surface area contributed by atoms with E-state index < -0.39 is 10.0 Å². The fraction of sp³-hybridized carbons (Fsp3) is 0.458. The SMILES string of the molecule is CS(=O)(=O)N1CCN(Cc2cccc(C(=O)N3CCN(Cc4ccccc4)CC3)c2)CC1. The van der Waals surface area contributed by atoms with Crippen molar-refractivity contribution in [1.29, 1.82) is 0 Å². The van der Waals surface area contributed by atoms with Gasteiger partial charge in [-0.3, -0.25) is 14.6 Å². The Morgan fingerprint density at radius 2 is 1.31 bits per heavy atom. The fourth-order valence-electron chi connectivity index (χ4n) is 4.41. The zero-order chi connectivity index (χ0) is 22.6. The molecule has 2 aliphatic rings. The molecule has 0 atom stereocenters. The highest BCUT2D eigenvalue weighted by atomic mass is 32.2. The van der Waals surface area contributed by atoms with E-state index in [2.05, 4.69) is 34.1 Å². The summed E-state index contributed by atoms with van der Waals surface area (Å²) >= 11 is 0. The number of nitrogens with zero attached hydrogens (tertiary/aromatic N) is 4. The Morgan fingerprint density at radius 1 is 0.750 bits per heavy atom. The molecule has 2 aromatic carbocycles. The van der Waals surface area contributed by atoms with Crippen LogP contribution in [0.25, 0.3) is 0 Å². The topological polar surface area (TPSA) is 64.2 Å². The molecule has 0 spiro atoms. The van der Waals surface area contributed by atoms with Crippen LogP contribution in [0, 0.1) is 0 Å². The van der Waals surface area contributed by atoms with Crippen LogP contribution >= 0.6 is 0 Å². The fourth-order valence-corrected chi connectivity index (χ4v) is 5.24. The standard InChI is InChI=1S/C24H32N4O3S/c1-32(30,31)28-16-12-26(13-17-28)20-22-8-5-9-23(18-22)24(29)27-14-10-25(11-15-27)19-21-6-3-2-4-7-21/h2-9,18H,10-17,19-20H2,1H3. The Kier molecular flexibility index (Phi) is 7.25. The molecule has 0 unspecified atom stereocenters. The van der Waals surface area contributed by atoms with E-state index in [9.17, 15) is 13.2 Å². The third-order valence-corrected chi connectivity index (χ3v) is 7.59. The van der Waals surface area contributed by atoms with Gasteiger partial charge in [-0.1, -0.05) is 42.5 Å². The maximum Gasteiger partial charge on any atom is 0.253 e. The van der Waals surface area contributed by atoms with Crippen molar-refractivity contribution in [2.24, 2.45) is 0 Å². The lowest BCUT2D eigenvalue weighted by Crippen LogP contribution is -2.48. The van der Waals surface area contributed by atoms with Gasteiger partial charge in [-0.2, -0.15) is 4.31 Å². The number of rotatable bonds is 6. The quantitative estimate of drug-likeness (QED) is 0.662. The number of hydrogen-bond donors (Lipinski definition) is 0. The number of amides is 1. The molecule has 2 aliphatic heterocycles. The van der Waals surface area contributed by atoms with Gasteiger partial charge in [0.2, 0.25) is 10.0 Å². The molecule has 0 bridgehead atoms. The molecule has 0 saturated carbocycles. The van der Waals surface area contributed by atoms with Gasteiger partial charge in [0.1, 0.15) is 0 Å². The number of hydrogen-bond acceptors (Lipinski definition) is 5. The Balaban J connectivity index is 1.29. The number of carbonyl (C=O) groups is 1. The molecule has 0 aliphatic carbocycles. The molecule has 7 nitrogen and oxygen atoms in total. The van der Waals surface area contributed by atoms with Crippen LogP contribution in [0.2, 0.25) is 0 Å². The summed E-state index contributed by atoms with van der Waals surface area (Å²) in [5.41, 5.74) is 3.12. The van der Waals surface area contributed by atoms with Gasteiger partial charge in [0.05, 0.1) is 6.26 Å². The lowest BCUT2D eigenvalue weighted by atomic mass is 10.1. The molecule has 1 amide bonds. The molecular formula is C24H32N4O3S. The van der Waals surface area contributed by atoms with Crippen LogP contribution in [-0.2, 0) is 23.1 Å². The van der Waals surface area contributed by atoms with E-state index >= 15 is 0 Å². The van der Waals surface area contributed by atoms with Crippen LogP contribution in [0.4, 0.5) is 0 Å². The molecule has 4 rings (SSSR count). The van der Waals surface area contributed by atoms with Crippen molar-refractivity contribution in [3.8, 4) is 0 Å². The highest BCUT2D eigenvalue weighted by Crippen LogP contribution is 2.15. The molecule has 2 saturated heterocycles. The molecular weight excluding hydrogens is 424 g/mol. The minimum Gasteiger partial charge on any atom is -0.336 e. The molecule has 32 heavy (non-hydrogen) atoms. The number of carbonyl (C=O) groups excluding carboxylic acids is 1. The van der Waals surface area contributed by atoms with Gasteiger partial charge in [-0.05, 0) is 23.3 Å². The van der Waals surface area contributed by atoms with Crippen molar-refractivity contribution in [3.05, 3.63) is 71.3 Å². The summed E-state index contributed by atoms with van der Waals surface area (Å²) < 4.78 is 24.9. The van der Waals surface area contributed by atoms with Crippen LogP contribution in [0.1, 0.15) is 21.5 Å². The van der Waals surface area contributed by atoms with E-state index in [1.807, 2.05) is 35.2 Å². The van der Waals surface area contributed by atoms with E-state index in [0.29, 0.717) is 26.2 Å². The van der Waals surface area contributed by atoms with Crippen LogP contribution in [0.5, 0.6) is 0 Å². The average Bonchev–Trinajstić information content (AvgIpc) is 2.80. The first kappa shape index (κ1) is 22.9. The van der Waals surface area contributed by atoms with Gasteiger partial charge in [-0.25, -0.2) is 8.42 Å². The van der Waals surface area contributed by atoms with E-state index in [1.54, 1.807) is 0 Å². The zero-order valence-electron chi connectivity index (χ0n) is 18.7. The largest absolute Gasteiger partial charge is 0.336 e. The number of sulfonamides is 1. The van der Waals surface area contributed by atoms with Crippen molar-refractivity contribution in [1.82, 2.24) is 19.0 Å². The molecule has 2 fully saturated rings. The third kappa shape index (κ3) is 5.95. The number of piperazine rings is 2. The molecule has 0 N–H and O–H groups in total. The normalized spacial score (nSPS) is 19.2. The van der Waals surface area contributed by atoms with Gasteiger partial charge in [-0.15, -0.1) is 0 Å². The van der Waals surface area contributed by atoms with Crippen LogP contribution < -0.4 is 0 Å². The first-order valence-electron chi connectivity index (χ1n) is 11.2. The molecule has 0 radical (unpaired) electrons. The molecule has 0 aromatic heterocycles. The second-order valence-electron chi connectivity index (χ2n) is 8.69. The van der Waals surface area contributed by atoms with Gasteiger partial charge >= 0.3 is 0 Å². The maximum absolute atomic E-state index is 13.1. The Labute approximate surface area is 191 Å². The predicted molar refractivity (Wildman–Crippen MR) is 126 cm³/mol. The Bertz CT molecular complexity index is 1010. The summed E-state index contributed by atoms with van der Waals surface area (Å²) in [5, 5.41) is 0. The second-order valence-corrected chi connectivity index (χ2v) is 10.7. The highest BCUT2D eigenvalue weighted by molar-refractivity contribution is 7.88. The first-order chi connectivity index (χ1) is 15.4. The van der Waals surface area contributed by atoms with Gasteiger partial charge in [0.25, 0.3) is 5.91 Å². The lowest BCUT2D eigenvalue weighted by Gasteiger charge is -2.35. The molecule has 172 valence electrons. The van der Waals surface area contributed by atoms with Crippen molar-refractivity contribution >= 4 is 15.9 Å². The van der Waals surface area contributed by atoms with Crippen molar-refractivity contribution in [3.63, 3.8) is 0 Å². The van der Waals surface area contributed by atoms with E-state index in [4.69, 9.17) is 0 Å². The molecule has 8 heteroatoms. The highest BCUT2D eigenvalue weighted by Gasteiger charge is 2.24. The second kappa shape index (κ2) is 10.1. The third-order valence-electron chi connectivity index (χ3n) is 6.29. The Morgan fingerprint density at radius 3 is 1.94 bits per heavy atom. The number of benzene rings is 2. The van der Waals surface area contributed by atoms with Gasteiger partial charge in [0.15, 0.2) is 0 Å². The maximum atomic E-state index is 13.1. The van der Waals surface area contributed by atoms with Gasteiger partial charge in [0, 0.05) is 71.0 Å². The first-order valence-corrected chi connectivity index (χ1v) is 13.1. The zero-order valence-corrected chi connectivity index (χ0v) is 19.5. The van der Waals surface area contributed by atoms with E-state index in [0.717, 1.165) is 50.4 Å². The van der Waals surface area contributed by atoms with Crippen LogP contribution in [-0.4, -0.2) is 91.9 Å². The average molecular weight is 457 g/mol. The molecule has 2 aromatic rings. The summed E-state index contributed by atoms with van der Waals surface area (Å²) in [5.74, 6) is 0.0908. The summed E-state index contributed by atoms with van der Waals surface area (Å²) in [4.78, 5) is 19.7. The lowest BCUT2D eigenvalue weighted by molar-refractivity contribution is 0.0628. The summed E-state index contributed by atoms with van der Waals surface area (Å²) in [7, 11) is -3.12. The Hall–Kier alpha value is -2.26. The van der Waals surface area contributed by atoms with Crippen LogP contribution in [0.15, 0.2) is 54.6 Å². The summed E-state index contributed by atoms with van der Waals surface area (Å²) in [6.07, 6.45) is 1.26. The van der Waals surface area contributed by atoms with E-state index in [-0.39, 0.29) is 5.91 Å². The van der Waals surface area contributed by atoms with Crippen molar-refractivity contribution < 1.29 is 13.2 Å². The van der Waals surface area contributed by atoms with E-state index in [1.165, 1.54) is 16.1 Å². The summed E-state index contributed by atoms with van der Waals surface area (Å²) in [6, 6.07) is 18.3. The summed E-state index contributed by atoms with van der Waals surface area (Å²) in [6.45, 7) is 7.33. The smallest absolute Gasteiger partial charge is 0.253 e. The minimum atomic E-state index is -3.12. The monoisotopic (exact) mass is 456 g/mol. The van der Waals surface area contributed by atoms with Crippen molar-refractivity contribution in [2.45, 2.75) is 13.1 Å². The van der Waals surface area contributed by atoms with Crippen molar-refractivity contribution in [2.75, 3.05) is 58.6 Å². The van der Waals surface area contributed by atoms with Crippen LogP contribution in [0.3, 0.4) is 0 Å². The molecule has 2 heterocycles. The predicted octanol–water partition coefficient (Wildman–Crippen LogP) is 1.72.